The van der Waals surface area contributed by atoms with Crippen LogP contribution in [-0.2, 0) is 21.1 Å². The Bertz CT molecular complexity index is 2530. The molecule has 0 saturated carbocycles. The monoisotopic (exact) mass is 857 g/mol. The predicted molar refractivity (Wildman–Crippen MR) is 209 cm³/mol. The fourth-order valence-electron chi connectivity index (χ4n) is 6.97. The van der Waals surface area contributed by atoms with E-state index in [1.807, 2.05) is 23.4 Å². The minimum Gasteiger partial charge on any atom is -0.358 e. The first-order valence-corrected chi connectivity index (χ1v) is 17.2. The van der Waals surface area contributed by atoms with Gasteiger partial charge in [0.15, 0.2) is 0 Å². The zero-order valence-electron chi connectivity index (χ0n) is 29.0. The third-order valence-electron chi connectivity index (χ3n) is 9.29. The quantitative estimate of drug-likeness (QED) is 0.123. The first-order valence-electron chi connectivity index (χ1n) is 17.2. The molecule has 1 aliphatic rings. The molecule has 258 valence electrons. The molecule has 3 heterocycles. The summed E-state index contributed by atoms with van der Waals surface area (Å²) in [5, 5.41) is 6.34. The van der Waals surface area contributed by atoms with Crippen molar-refractivity contribution in [3.63, 3.8) is 0 Å². The molecule has 6 nitrogen and oxygen atoms in total. The van der Waals surface area contributed by atoms with Gasteiger partial charge in [0.05, 0.1) is 0 Å². The number of pyridine rings is 1. The molecule has 0 aliphatic carbocycles. The summed E-state index contributed by atoms with van der Waals surface area (Å²) in [5.74, 6) is 0.841. The van der Waals surface area contributed by atoms with Gasteiger partial charge >= 0.3 is 0 Å². The van der Waals surface area contributed by atoms with Crippen LogP contribution in [0, 0.1) is 12.1 Å². The maximum absolute atomic E-state index is 5.08. The van der Waals surface area contributed by atoms with E-state index in [0.29, 0.717) is 0 Å². The van der Waals surface area contributed by atoms with E-state index in [9.17, 15) is 0 Å². The summed E-state index contributed by atoms with van der Waals surface area (Å²) < 4.78 is 2.23. The van der Waals surface area contributed by atoms with Crippen LogP contribution < -0.4 is 15.0 Å². The Hall–Kier alpha value is -5.68. The molecule has 2 aromatic heterocycles. The predicted octanol–water partition coefficient (Wildman–Crippen LogP) is 11.5. The number of anilines is 6. The number of hydrogen-bond donors (Lipinski definition) is 0. The molecule has 0 fully saturated rings. The maximum atomic E-state index is 5.08. The van der Waals surface area contributed by atoms with Crippen molar-refractivity contribution in [1.82, 2.24) is 9.55 Å². The summed E-state index contributed by atoms with van der Waals surface area (Å²) in [7, 11) is 0. The molecule has 1 aliphatic heterocycles. The Morgan fingerprint density at radius 3 is 2.10 bits per heavy atom. The largest absolute Gasteiger partial charge is 0.358 e. The number of fused-ring (bicyclic) bond motifs is 4. The van der Waals surface area contributed by atoms with Gasteiger partial charge in [-0.05, 0) is 79.7 Å². The van der Waals surface area contributed by atoms with Gasteiger partial charge in [0, 0.05) is 44.2 Å². The summed E-state index contributed by atoms with van der Waals surface area (Å²) in [5.41, 5.74) is 9.81. The Morgan fingerprint density at radius 2 is 1.31 bits per heavy atom. The molecule has 6 aromatic carbocycles. The van der Waals surface area contributed by atoms with Gasteiger partial charge in [-0.3, -0.25) is 0 Å². The Balaban J connectivity index is 0.00000387. The zero-order chi connectivity index (χ0) is 34.5. The van der Waals surface area contributed by atoms with Crippen molar-refractivity contribution in [3.05, 3.63) is 170 Å². The molecule has 0 bridgehead atoms. The number of rotatable bonds is 6. The van der Waals surface area contributed by atoms with Crippen molar-refractivity contribution in [3.8, 4) is 16.9 Å². The molecule has 0 amide bonds. The van der Waals surface area contributed by atoms with E-state index in [0.717, 1.165) is 72.9 Å². The first kappa shape index (κ1) is 33.5. The minimum atomic E-state index is -0.198. The van der Waals surface area contributed by atoms with E-state index in [1.165, 1.54) is 0 Å². The van der Waals surface area contributed by atoms with Crippen LogP contribution >= 0.6 is 0 Å². The van der Waals surface area contributed by atoms with Crippen molar-refractivity contribution in [2.75, 3.05) is 15.0 Å². The molecule has 0 atom stereocenters. The fourth-order valence-corrected chi connectivity index (χ4v) is 6.97. The Labute approximate surface area is 318 Å². The molecule has 1 N–H and O–H groups in total. The van der Waals surface area contributed by atoms with Crippen molar-refractivity contribution < 1.29 is 26.0 Å². The Morgan fingerprint density at radius 1 is 0.615 bits per heavy atom. The number of hydroxylamine groups is 1. The van der Waals surface area contributed by atoms with E-state index < -0.39 is 0 Å². The van der Waals surface area contributed by atoms with E-state index >= 15 is 0 Å². The van der Waals surface area contributed by atoms with Crippen LogP contribution in [0.5, 0.6) is 0 Å². The molecule has 7 heteroatoms. The van der Waals surface area contributed by atoms with Crippen molar-refractivity contribution in [2.45, 2.75) is 26.3 Å². The Kier molecular flexibility index (Phi) is 8.66. The van der Waals surface area contributed by atoms with Crippen LogP contribution in [0.1, 0.15) is 20.8 Å². The zero-order valence-corrected chi connectivity index (χ0v) is 31.3. The van der Waals surface area contributed by atoms with Crippen molar-refractivity contribution in [1.29, 1.82) is 0 Å². The molecule has 9 rings (SSSR count). The molecule has 0 saturated heterocycles. The number of hydrogen-bond acceptors (Lipinski definition) is 4. The SMILES string of the molecule is CC(C)(C)N1[OH+]N(c2[c-]c(N(c3[c-]c4c(cc3)c3ccccc3n4-c3cc(-c4ccccc4)ccn3)c3ccccc3)ccc2)c2ccccc21.[Pt]. The maximum Gasteiger partial charge on any atom is 0.145 e. The minimum absolute atomic E-state index is 0. The average Bonchev–Trinajstić information content (AvgIpc) is 3.73. The molecular formula is C45H36N5OPt-. The molecule has 52 heavy (non-hydrogen) atoms. The van der Waals surface area contributed by atoms with Crippen LogP contribution in [0.25, 0.3) is 38.8 Å². The van der Waals surface area contributed by atoms with Crippen molar-refractivity contribution >= 4 is 55.9 Å². The number of aromatic nitrogens is 2. The third kappa shape index (κ3) is 5.84. The van der Waals surface area contributed by atoms with Gasteiger partial charge in [-0.15, -0.1) is 45.8 Å². The second kappa shape index (κ2) is 13.5. The van der Waals surface area contributed by atoms with E-state index in [1.54, 1.807) is 0 Å². The van der Waals surface area contributed by atoms with Crippen LogP contribution in [0.3, 0.4) is 0 Å². The number of benzene rings is 6. The molecule has 8 aromatic rings. The first-order chi connectivity index (χ1) is 24.9. The molecule has 0 unspecified atom stereocenters. The summed E-state index contributed by atoms with van der Waals surface area (Å²) in [6.45, 7) is 6.52. The van der Waals surface area contributed by atoms with Crippen LogP contribution in [-0.4, -0.2) is 20.0 Å². The van der Waals surface area contributed by atoms with Gasteiger partial charge in [-0.2, -0.15) is 17.1 Å². The van der Waals surface area contributed by atoms with Gasteiger partial charge in [-0.25, -0.2) is 4.98 Å². The van der Waals surface area contributed by atoms with E-state index in [-0.39, 0.29) is 26.6 Å². The average molecular weight is 858 g/mol. The summed E-state index contributed by atoms with van der Waals surface area (Å²) in [6, 6.07) is 60.1. The number of para-hydroxylation sites is 4. The smallest absolute Gasteiger partial charge is 0.145 e. The van der Waals surface area contributed by atoms with E-state index in [4.69, 9.17) is 9.92 Å². The van der Waals surface area contributed by atoms with E-state index in [2.05, 4.69) is 187 Å². The summed E-state index contributed by atoms with van der Waals surface area (Å²) >= 11 is 0. The van der Waals surface area contributed by atoms with Gasteiger partial charge in [0.25, 0.3) is 0 Å². The molecule has 0 spiro atoms. The van der Waals surface area contributed by atoms with Gasteiger partial charge < -0.3 is 9.47 Å². The normalized spacial score (nSPS) is 12.6. The second-order valence-electron chi connectivity index (χ2n) is 13.7. The fraction of sp³-hybridized carbons (Fsp3) is 0.0889. The van der Waals surface area contributed by atoms with Gasteiger partial charge in [0.1, 0.15) is 22.7 Å². The summed E-state index contributed by atoms with van der Waals surface area (Å²) in [4.78, 5) is 12.2. The second-order valence-corrected chi connectivity index (χ2v) is 13.7. The topological polar surface area (TPSA) is 40.3 Å². The standard InChI is InChI=1S/C45H35N5O.Pt/c1-45(2,3)50-42-24-13-12-23-41(42)49(51-50)37-20-14-19-35(30-37)47(34-17-8-5-9-18-34)36-25-26-39-38-21-10-11-22-40(38)48(43(39)31-36)44-29-33(27-28-46-44)32-15-6-4-7-16-32;/h4-29H,1-3H3;/q-2;/p+1. The van der Waals surface area contributed by atoms with Gasteiger partial charge in [-0.1, -0.05) is 95.8 Å². The van der Waals surface area contributed by atoms with Gasteiger partial charge in [0.2, 0.25) is 0 Å². The molecular weight excluding hydrogens is 822 g/mol. The third-order valence-corrected chi connectivity index (χ3v) is 9.29. The van der Waals surface area contributed by atoms with Crippen LogP contribution in [0.15, 0.2) is 158 Å². The molecule has 0 radical (unpaired) electrons. The summed E-state index contributed by atoms with van der Waals surface area (Å²) in [6.07, 6.45) is 1.89. The number of nitrogens with zero attached hydrogens (tertiary/aromatic N) is 5. The van der Waals surface area contributed by atoms with Crippen LogP contribution in [0.4, 0.5) is 34.1 Å². The van der Waals surface area contributed by atoms with Crippen LogP contribution in [0.2, 0.25) is 0 Å². The van der Waals surface area contributed by atoms with Crippen molar-refractivity contribution in [2.24, 2.45) is 0 Å².